The van der Waals surface area contributed by atoms with Crippen molar-refractivity contribution < 1.29 is 14.7 Å². The largest absolute Gasteiger partial charge is 0.481 e. The third-order valence-electron chi connectivity index (χ3n) is 1.69. The van der Waals surface area contributed by atoms with E-state index in [1.54, 1.807) is 0 Å². The molecule has 1 aromatic rings. The first-order chi connectivity index (χ1) is 7.13. The number of aromatic amines is 1. The molecular formula is C8H12N4O3. The van der Waals surface area contributed by atoms with Crippen molar-refractivity contribution in [1.29, 1.82) is 0 Å². The van der Waals surface area contributed by atoms with Crippen LogP contribution in [0.3, 0.4) is 0 Å². The van der Waals surface area contributed by atoms with Gasteiger partial charge in [0.05, 0.1) is 6.42 Å². The molecule has 1 amide bonds. The lowest BCUT2D eigenvalue weighted by atomic mass is 10.4. The van der Waals surface area contributed by atoms with Gasteiger partial charge in [-0.05, 0) is 0 Å². The molecule has 0 radical (unpaired) electrons. The summed E-state index contributed by atoms with van der Waals surface area (Å²) in [6.45, 7) is 1.96. The predicted molar refractivity (Wildman–Crippen MR) is 50.3 cm³/mol. The van der Waals surface area contributed by atoms with Crippen LogP contribution in [0, 0.1) is 0 Å². The number of nitrogens with zero attached hydrogens (tertiary/aromatic N) is 2. The van der Waals surface area contributed by atoms with Gasteiger partial charge >= 0.3 is 5.97 Å². The quantitative estimate of drug-likeness (QED) is 0.613. The lowest BCUT2D eigenvalue weighted by molar-refractivity contribution is -0.136. The molecule has 1 aromatic heterocycles. The summed E-state index contributed by atoms with van der Waals surface area (Å²) >= 11 is 0. The molecule has 0 bridgehead atoms. The Hall–Kier alpha value is -1.92. The number of aliphatic carboxylic acids is 1. The van der Waals surface area contributed by atoms with Crippen LogP contribution in [-0.4, -0.2) is 38.7 Å². The second-order valence-corrected chi connectivity index (χ2v) is 2.86. The summed E-state index contributed by atoms with van der Waals surface area (Å²) in [4.78, 5) is 25.4. The Morgan fingerprint density at radius 1 is 1.53 bits per heavy atom. The SMILES string of the molecule is CCc1nc(C(=O)NCCC(=O)O)n[nH]1. The minimum atomic E-state index is -0.959. The van der Waals surface area contributed by atoms with Crippen LogP contribution < -0.4 is 5.32 Å². The summed E-state index contributed by atoms with van der Waals surface area (Å²) in [6, 6.07) is 0. The molecule has 82 valence electrons. The van der Waals surface area contributed by atoms with Crippen molar-refractivity contribution in [1.82, 2.24) is 20.5 Å². The van der Waals surface area contributed by atoms with Crippen LogP contribution in [0.25, 0.3) is 0 Å². The maximum absolute atomic E-state index is 11.3. The second kappa shape index (κ2) is 5.08. The lowest BCUT2D eigenvalue weighted by Crippen LogP contribution is -2.27. The van der Waals surface area contributed by atoms with Gasteiger partial charge in [0, 0.05) is 13.0 Å². The molecule has 0 spiro atoms. The first kappa shape index (κ1) is 11.2. The van der Waals surface area contributed by atoms with Crippen molar-refractivity contribution in [3.63, 3.8) is 0 Å². The van der Waals surface area contributed by atoms with E-state index >= 15 is 0 Å². The summed E-state index contributed by atoms with van der Waals surface area (Å²) in [5.74, 6) is -0.762. The Bertz CT molecular complexity index is 361. The number of H-pyrrole nitrogens is 1. The topological polar surface area (TPSA) is 108 Å². The number of aryl methyl sites for hydroxylation is 1. The molecule has 0 aliphatic rings. The molecule has 15 heavy (non-hydrogen) atoms. The van der Waals surface area contributed by atoms with E-state index in [0.717, 1.165) is 0 Å². The fourth-order valence-electron chi connectivity index (χ4n) is 0.917. The van der Waals surface area contributed by atoms with Gasteiger partial charge in [-0.15, -0.1) is 5.10 Å². The smallest absolute Gasteiger partial charge is 0.305 e. The third-order valence-corrected chi connectivity index (χ3v) is 1.69. The Balaban J connectivity index is 2.43. The van der Waals surface area contributed by atoms with Gasteiger partial charge in [-0.1, -0.05) is 6.92 Å². The van der Waals surface area contributed by atoms with Crippen LogP contribution in [0.15, 0.2) is 0 Å². The van der Waals surface area contributed by atoms with E-state index in [2.05, 4.69) is 20.5 Å². The van der Waals surface area contributed by atoms with Gasteiger partial charge in [-0.25, -0.2) is 4.98 Å². The Morgan fingerprint density at radius 3 is 2.80 bits per heavy atom. The number of carbonyl (C=O) groups is 2. The van der Waals surface area contributed by atoms with Crippen molar-refractivity contribution >= 4 is 11.9 Å². The number of carbonyl (C=O) groups excluding carboxylic acids is 1. The summed E-state index contributed by atoms with van der Waals surface area (Å²) < 4.78 is 0. The highest BCUT2D eigenvalue weighted by Gasteiger charge is 2.11. The van der Waals surface area contributed by atoms with E-state index < -0.39 is 11.9 Å². The van der Waals surface area contributed by atoms with Gasteiger partial charge in [-0.3, -0.25) is 14.7 Å². The Kier molecular flexibility index (Phi) is 3.78. The van der Waals surface area contributed by atoms with Crippen molar-refractivity contribution in [3.8, 4) is 0 Å². The van der Waals surface area contributed by atoms with Crippen LogP contribution >= 0.6 is 0 Å². The van der Waals surface area contributed by atoms with Crippen molar-refractivity contribution in [2.24, 2.45) is 0 Å². The number of carboxylic acids is 1. The van der Waals surface area contributed by atoms with Gasteiger partial charge in [-0.2, -0.15) is 0 Å². The number of carboxylic acid groups (broad SMARTS) is 1. The minimum Gasteiger partial charge on any atom is -0.481 e. The highest BCUT2D eigenvalue weighted by atomic mass is 16.4. The normalized spacial score (nSPS) is 9.93. The fraction of sp³-hybridized carbons (Fsp3) is 0.500. The zero-order valence-electron chi connectivity index (χ0n) is 8.28. The number of nitrogens with one attached hydrogen (secondary N) is 2. The van der Waals surface area contributed by atoms with E-state index in [4.69, 9.17) is 5.11 Å². The highest BCUT2D eigenvalue weighted by Crippen LogP contribution is 1.93. The van der Waals surface area contributed by atoms with Crippen molar-refractivity contribution in [3.05, 3.63) is 11.6 Å². The highest BCUT2D eigenvalue weighted by molar-refractivity contribution is 5.90. The molecular weight excluding hydrogens is 200 g/mol. The number of aromatic nitrogens is 3. The fourth-order valence-corrected chi connectivity index (χ4v) is 0.917. The molecule has 3 N–H and O–H groups in total. The molecule has 0 saturated carbocycles. The van der Waals surface area contributed by atoms with Crippen molar-refractivity contribution in [2.45, 2.75) is 19.8 Å². The molecule has 7 nitrogen and oxygen atoms in total. The summed E-state index contributed by atoms with van der Waals surface area (Å²) in [5.41, 5.74) is 0. The molecule has 0 saturated heterocycles. The van der Waals surface area contributed by atoms with E-state index in [1.807, 2.05) is 6.92 Å². The lowest BCUT2D eigenvalue weighted by Gasteiger charge is -1.98. The van der Waals surface area contributed by atoms with Gasteiger partial charge < -0.3 is 10.4 Å². The number of hydrogen-bond acceptors (Lipinski definition) is 4. The molecule has 0 aliphatic carbocycles. The zero-order valence-corrected chi connectivity index (χ0v) is 8.28. The van der Waals surface area contributed by atoms with E-state index in [-0.39, 0.29) is 18.8 Å². The zero-order chi connectivity index (χ0) is 11.3. The maximum Gasteiger partial charge on any atom is 0.305 e. The summed E-state index contributed by atoms with van der Waals surface area (Å²) in [6.07, 6.45) is 0.548. The first-order valence-corrected chi connectivity index (χ1v) is 4.54. The van der Waals surface area contributed by atoms with E-state index in [1.165, 1.54) is 0 Å². The Morgan fingerprint density at radius 2 is 2.27 bits per heavy atom. The molecule has 0 aromatic carbocycles. The summed E-state index contributed by atoms with van der Waals surface area (Å²) in [5, 5.41) is 17.0. The van der Waals surface area contributed by atoms with Gasteiger partial charge in [0.15, 0.2) is 0 Å². The standard InChI is InChI=1S/C8H12N4O3/c1-2-5-10-7(12-11-5)8(15)9-4-3-6(13)14/h2-4H2,1H3,(H,9,15)(H,13,14)(H,10,11,12). The number of rotatable bonds is 5. The van der Waals surface area contributed by atoms with Crippen molar-refractivity contribution in [2.75, 3.05) is 6.54 Å². The molecule has 1 heterocycles. The first-order valence-electron chi connectivity index (χ1n) is 4.54. The molecule has 0 unspecified atom stereocenters. The van der Waals surface area contributed by atoms with Gasteiger partial charge in [0.1, 0.15) is 5.82 Å². The average Bonchev–Trinajstić information content (AvgIpc) is 2.65. The van der Waals surface area contributed by atoms with E-state index in [9.17, 15) is 9.59 Å². The molecule has 7 heteroatoms. The molecule has 1 rings (SSSR count). The maximum atomic E-state index is 11.3. The van der Waals surface area contributed by atoms with Gasteiger partial charge in [0.25, 0.3) is 5.91 Å². The predicted octanol–water partition coefficient (Wildman–Crippen LogP) is -0.428. The number of amides is 1. The van der Waals surface area contributed by atoms with Crippen LogP contribution in [0.2, 0.25) is 0 Å². The third kappa shape index (κ3) is 3.37. The van der Waals surface area contributed by atoms with Gasteiger partial charge in [0.2, 0.25) is 5.82 Å². The molecule has 0 aliphatic heterocycles. The summed E-state index contributed by atoms with van der Waals surface area (Å²) in [7, 11) is 0. The van der Waals surface area contributed by atoms with Crippen LogP contribution in [0.4, 0.5) is 0 Å². The second-order valence-electron chi connectivity index (χ2n) is 2.86. The number of hydrogen-bond donors (Lipinski definition) is 3. The minimum absolute atomic E-state index is 0.0391. The molecule has 0 fully saturated rings. The van der Waals surface area contributed by atoms with Crippen LogP contribution in [0.1, 0.15) is 29.8 Å². The monoisotopic (exact) mass is 212 g/mol. The molecule has 0 atom stereocenters. The Labute approximate surface area is 85.9 Å². The van der Waals surface area contributed by atoms with E-state index in [0.29, 0.717) is 12.2 Å². The van der Waals surface area contributed by atoms with Crippen LogP contribution in [0.5, 0.6) is 0 Å². The van der Waals surface area contributed by atoms with Crippen LogP contribution in [-0.2, 0) is 11.2 Å². The average molecular weight is 212 g/mol.